The minimum Gasteiger partial charge on any atom is -0.476 e. The van der Waals surface area contributed by atoms with E-state index in [4.69, 9.17) is 5.11 Å². The van der Waals surface area contributed by atoms with Crippen LogP contribution in [-0.4, -0.2) is 21.0 Å². The molecule has 3 aromatic rings. The Labute approximate surface area is 146 Å². The third-order valence-corrected chi connectivity index (χ3v) is 2.61. The molecule has 6 heteroatoms. The summed E-state index contributed by atoms with van der Waals surface area (Å²) < 4.78 is 12.4. The first-order valence-corrected chi connectivity index (χ1v) is 6.40. The van der Waals surface area contributed by atoms with Gasteiger partial charge in [-0.15, -0.1) is 35.9 Å². The summed E-state index contributed by atoms with van der Waals surface area (Å²) in [4.78, 5) is 17.6. The molecule has 2 aromatic heterocycles. The summed E-state index contributed by atoms with van der Waals surface area (Å²) in [6.07, 6.45) is 3.02. The molecular formula is C17H12FIrN2O2-. The molecule has 0 aliphatic carbocycles. The Morgan fingerprint density at radius 1 is 1.00 bits per heavy atom. The van der Waals surface area contributed by atoms with Gasteiger partial charge < -0.3 is 10.1 Å². The van der Waals surface area contributed by atoms with Gasteiger partial charge in [-0.05, 0) is 23.9 Å². The first-order chi connectivity index (χ1) is 10.7. The van der Waals surface area contributed by atoms with Crippen molar-refractivity contribution >= 4 is 5.97 Å². The van der Waals surface area contributed by atoms with E-state index in [1.165, 1.54) is 12.3 Å². The Hall–Kier alpha value is -2.43. The fraction of sp³-hybridized carbons (Fsp3) is 0. The summed E-state index contributed by atoms with van der Waals surface area (Å²) in [5.74, 6) is -2.16. The van der Waals surface area contributed by atoms with Crippen LogP contribution in [0.25, 0.3) is 11.3 Å². The molecule has 0 aliphatic rings. The third kappa shape index (κ3) is 5.69. The number of benzene rings is 1. The molecule has 0 saturated heterocycles. The second-order valence-electron chi connectivity index (χ2n) is 4.13. The third-order valence-electron chi connectivity index (χ3n) is 2.61. The molecule has 0 amide bonds. The minimum absolute atomic E-state index is 0. The number of hydrogen-bond donors (Lipinski definition) is 1. The van der Waals surface area contributed by atoms with Gasteiger partial charge in [0.05, 0.1) is 0 Å². The maximum Gasteiger partial charge on any atom is 0.357 e. The molecule has 23 heavy (non-hydrogen) atoms. The number of aromatic nitrogens is 2. The number of halogens is 1. The van der Waals surface area contributed by atoms with Crippen LogP contribution in [-0.2, 0) is 20.1 Å². The van der Waals surface area contributed by atoms with E-state index in [0.717, 1.165) is 17.3 Å². The second-order valence-corrected chi connectivity index (χ2v) is 4.13. The van der Waals surface area contributed by atoms with E-state index in [1.807, 2.05) is 42.5 Å². The number of carboxylic acid groups (broad SMARTS) is 1. The first-order valence-electron chi connectivity index (χ1n) is 6.40. The Bertz CT molecular complexity index is 702. The molecule has 1 aromatic carbocycles. The SMILES string of the molecule is O=C(O)c1ncccc1F.[Ir].[c-]1ccccc1-c1ccccn1. The number of hydrogen-bond acceptors (Lipinski definition) is 3. The first kappa shape index (κ1) is 18.6. The number of carbonyl (C=O) groups is 1. The molecule has 0 unspecified atom stereocenters. The van der Waals surface area contributed by atoms with E-state index in [-0.39, 0.29) is 20.1 Å². The fourth-order valence-corrected chi connectivity index (χ4v) is 1.62. The van der Waals surface area contributed by atoms with E-state index in [2.05, 4.69) is 16.0 Å². The molecule has 0 spiro atoms. The maximum atomic E-state index is 12.4. The molecule has 2 heterocycles. The van der Waals surface area contributed by atoms with Gasteiger partial charge in [-0.1, -0.05) is 12.1 Å². The maximum absolute atomic E-state index is 12.4. The van der Waals surface area contributed by atoms with Gasteiger partial charge in [0, 0.05) is 32.5 Å². The van der Waals surface area contributed by atoms with Gasteiger partial charge in [-0.2, -0.15) is 0 Å². The van der Waals surface area contributed by atoms with Crippen LogP contribution in [0, 0.1) is 11.9 Å². The summed E-state index contributed by atoms with van der Waals surface area (Å²) in [6, 6.07) is 19.2. The fourth-order valence-electron chi connectivity index (χ4n) is 1.62. The number of aromatic carboxylic acids is 1. The number of pyridine rings is 2. The molecule has 0 aliphatic heterocycles. The molecule has 4 nitrogen and oxygen atoms in total. The molecule has 1 N–H and O–H groups in total. The molecule has 0 atom stereocenters. The molecule has 1 radical (unpaired) electrons. The van der Waals surface area contributed by atoms with Crippen molar-refractivity contribution in [3.05, 3.63) is 84.6 Å². The second kappa shape index (κ2) is 9.56. The number of rotatable bonds is 2. The zero-order valence-electron chi connectivity index (χ0n) is 11.8. The van der Waals surface area contributed by atoms with Gasteiger partial charge in [-0.3, -0.25) is 0 Å². The normalized spacial score (nSPS) is 9.09. The monoisotopic (exact) mass is 488 g/mol. The van der Waals surface area contributed by atoms with E-state index in [9.17, 15) is 9.18 Å². The molecule has 3 rings (SSSR count). The molecular weight excluding hydrogens is 475 g/mol. The van der Waals surface area contributed by atoms with Gasteiger partial charge in [0.15, 0.2) is 11.5 Å². The van der Waals surface area contributed by atoms with Crippen LogP contribution in [0.3, 0.4) is 0 Å². The van der Waals surface area contributed by atoms with E-state index in [0.29, 0.717) is 0 Å². The van der Waals surface area contributed by atoms with Crippen molar-refractivity contribution < 1.29 is 34.4 Å². The topological polar surface area (TPSA) is 63.1 Å². The van der Waals surface area contributed by atoms with Gasteiger partial charge >= 0.3 is 5.97 Å². The average molecular weight is 488 g/mol. The molecule has 119 valence electrons. The van der Waals surface area contributed by atoms with Crippen molar-refractivity contribution in [2.75, 3.05) is 0 Å². The van der Waals surface area contributed by atoms with Crippen molar-refractivity contribution in [1.29, 1.82) is 0 Å². The van der Waals surface area contributed by atoms with Crippen molar-refractivity contribution in [3.8, 4) is 11.3 Å². The van der Waals surface area contributed by atoms with Gasteiger partial charge in [0.25, 0.3) is 0 Å². The van der Waals surface area contributed by atoms with Crippen LogP contribution in [0.4, 0.5) is 4.39 Å². The van der Waals surface area contributed by atoms with Crippen molar-refractivity contribution in [2.45, 2.75) is 0 Å². The van der Waals surface area contributed by atoms with Gasteiger partial charge in [-0.25, -0.2) is 14.2 Å². The predicted molar refractivity (Wildman–Crippen MR) is 79.7 cm³/mol. The molecule has 0 bridgehead atoms. The van der Waals surface area contributed by atoms with E-state index < -0.39 is 17.5 Å². The largest absolute Gasteiger partial charge is 0.476 e. The van der Waals surface area contributed by atoms with Crippen LogP contribution in [0.15, 0.2) is 67.0 Å². The Balaban J connectivity index is 0.000000224. The summed E-state index contributed by atoms with van der Waals surface area (Å²) >= 11 is 0. The molecule has 0 saturated carbocycles. The van der Waals surface area contributed by atoms with Crippen LogP contribution in [0.1, 0.15) is 10.5 Å². The standard InChI is InChI=1S/C11H8N.C6H4FNO2.Ir/c1-2-6-10(7-3-1)11-8-4-5-9-12-11;7-4-2-1-3-8-5(4)6(9)10;/h1-6,8-9H;1-3H,(H,9,10);/q-1;;. The van der Waals surface area contributed by atoms with Crippen LogP contribution >= 0.6 is 0 Å². The predicted octanol–water partition coefficient (Wildman–Crippen LogP) is 3.47. The van der Waals surface area contributed by atoms with E-state index in [1.54, 1.807) is 6.20 Å². The number of nitrogens with zero attached hydrogens (tertiary/aromatic N) is 2. The van der Waals surface area contributed by atoms with Gasteiger partial charge in [0.2, 0.25) is 0 Å². The minimum atomic E-state index is -1.35. The summed E-state index contributed by atoms with van der Waals surface area (Å²) in [6.45, 7) is 0. The van der Waals surface area contributed by atoms with Gasteiger partial charge in [0.1, 0.15) is 0 Å². The van der Waals surface area contributed by atoms with E-state index >= 15 is 0 Å². The smallest absolute Gasteiger partial charge is 0.357 e. The van der Waals surface area contributed by atoms with Crippen LogP contribution in [0.5, 0.6) is 0 Å². The van der Waals surface area contributed by atoms with Crippen LogP contribution < -0.4 is 0 Å². The molecule has 0 fully saturated rings. The van der Waals surface area contributed by atoms with Crippen molar-refractivity contribution in [1.82, 2.24) is 9.97 Å². The zero-order chi connectivity index (χ0) is 15.8. The van der Waals surface area contributed by atoms with Crippen LogP contribution in [0.2, 0.25) is 0 Å². The summed E-state index contributed by atoms with van der Waals surface area (Å²) in [7, 11) is 0. The van der Waals surface area contributed by atoms with Crippen molar-refractivity contribution in [2.24, 2.45) is 0 Å². The van der Waals surface area contributed by atoms with Crippen molar-refractivity contribution in [3.63, 3.8) is 0 Å². The number of carboxylic acids is 1. The summed E-state index contributed by atoms with van der Waals surface area (Å²) in [5, 5.41) is 8.26. The zero-order valence-corrected chi connectivity index (χ0v) is 14.2. The average Bonchev–Trinajstić information content (AvgIpc) is 2.57. The summed E-state index contributed by atoms with van der Waals surface area (Å²) in [5.41, 5.74) is 1.47. The Morgan fingerprint density at radius 2 is 1.74 bits per heavy atom. The quantitative estimate of drug-likeness (QED) is 0.563. The Kier molecular flexibility index (Phi) is 7.74. The Morgan fingerprint density at radius 3 is 2.26 bits per heavy atom.